The molecule has 152 valence electrons. The maximum Gasteiger partial charge on any atom is 0.163 e. The third kappa shape index (κ3) is 3.74. The first kappa shape index (κ1) is 19.8. The van der Waals surface area contributed by atoms with Gasteiger partial charge in [-0.1, -0.05) is 13.8 Å². The van der Waals surface area contributed by atoms with E-state index in [1.165, 1.54) is 17.3 Å². The SMILES string of the molecule is CC(=O)c1ccc2c(c1)c1c3c(ccc1n2CCCNCCC(C)C)C(=O)CC3. The molecule has 0 atom stereocenters. The molecule has 29 heavy (non-hydrogen) atoms. The van der Waals surface area contributed by atoms with E-state index in [2.05, 4.69) is 35.9 Å². The van der Waals surface area contributed by atoms with Gasteiger partial charge in [0, 0.05) is 45.9 Å². The summed E-state index contributed by atoms with van der Waals surface area (Å²) in [5.41, 5.74) is 5.08. The number of carbonyl (C=O) groups excluding carboxylic acids is 2. The Morgan fingerprint density at radius 3 is 2.66 bits per heavy atom. The van der Waals surface area contributed by atoms with Gasteiger partial charge in [-0.3, -0.25) is 9.59 Å². The van der Waals surface area contributed by atoms with Crippen molar-refractivity contribution in [1.29, 1.82) is 0 Å². The number of aromatic nitrogens is 1. The van der Waals surface area contributed by atoms with Gasteiger partial charge in [0.2, 0.25) is 0 Å². The summed E-state index contributed by atoms with van der Waals surface area (Å²) in [6.45, 7) is 9.07. The first-order chi connectivity index (χ1) is 14.0. The van der Waals surface area contributed by atoms with Crippen LogP contribution in [0.15, 0.2) is 30.3 Å². The number of nitrogens with zero attached hydrogens (tertiary/aromatic N) is 1. The molecule has 4 rings (SSSR count). The van der Waals surface area contributed by atoms with Crippen molar-refractivity contribution in [2.75, 3.05) is 13.1 Å². The lowest BCUT2D eigenvalue weighted by molar-refractivity contribution is 0.0991. The van der Waals surface area contributed by atoms with Gasteiger partial charge < -0.3 is 9.88 Å². The molecule has 1 aliphatic rings. The minimum atomic E-state index is 0.0748. The molecule has 1 N–H and O–H groups in total. The summed E-state index contributed by atoms with van der Waals surface area (Å²) in [4.78, 5) is 24.2. The van der Waals surface area contributed by atoms with Crippen molar-refractivity contribution in [3.05, 3.63) is 47.0 Å². The van der Waals surface area contributed by atoms with Gasteiger partial charge in [0.25, 0.3) is 0 Å². The zero-order chi connectivity index (χ0) is 20.5. The van der Waals surface area contributed by atoms with Gasteiger partial charge in [0.1, 0.15) is 0 Å². The Morgan fingerprint density at radius 2 is 1.90 bits per heavy atom. The molecule has 3 aromatic rings. The second kappa shape index (κ2) is 8.11. The van der Waals surface area contributed by atoms with Crippen LogP contribution < -0.4 is 5.32 Å². The predicted octanol–water partition coefficient (Wildman–Crippen LogP) is 5.15. The Morgan fingerprint density at radius 1 is 1.10 bits per heavy atom. The predicted molar refractivity (Wildman–Crippen MR) is 119 cm³/mol. The molecule has 2 aromatic carbocycles. The van der Waals surface area contributed by atoms with E-state index in [9.17, 15) is 9.59 Å². The van der Waals surface area contributed by atoms with E-state index in [0.717, 1.165) is 66.0 Å². The molecule has 4 heteroatoms. The van der Waals surface area contributed by atoms with Crippen LogP contribution in [0.2, 0.25) is 0 Å². The van der Waals surface area contributed by atoms with Crippen molar-refractivity contribution in [3.8, 4) is 0 Å². The van der Waals surface area contributed by atoms with E-state index >= 15 is 0 Å². The molecular formula is C25H30N2O2. The first-order valence-corrected chi connectivity index (χ1v) is 10.8. The number of hydrogen-bond acceptors (Lipinski definition) is 3. The van der Waals surface area contributed by atoms with Crippen molar-refractivity contribution in [2.45, 2.75) is 53.0 Å². The smallest absolute Gasteiger partial charge is 0.163 e. The number of carbonyl (C=O) groups is 2. The van der Waals surface area contributed by atoms with E-state index in [1.807, 2.05) is 18.2 Å². The highest BCUT2D eigenvalue weighted by Crippen LogP contribution is 2.37. The number of aryl methyl sites for hydroxylation is 2. The summed E-state index contributed by atoms with van der Waals surface area (Å²) in [5.74, 6) is 1.03. The zero-order valence-corrected chi connectivity index (χ0v) is 17.7. The first-order valence-electron chi connectivity index (χ1n) is 10.8. The van der Waals surface area contributed by atoms with Crippen LogP contribution in [-0.2, 0) is 13.0 Å². The molecule has 0 amide bonds. The second-order valence-electron chi connectivity index (χ2n) is 8.63. The Hall–Kier alpha value is -2.46. The van der Waals surface area contributed by atoms with Gasteiger partial charge in [0.05, 0.1) is 0 Å². The molecule has 4 nitrogen and oxygen atoms in total. The number of Topliss-reactive ketones (excluding diaryl/α,β-unsaturated/α-hetero) is 2. The van der Waals surface area contributed by atoms with Crippen LogP contribution in [0.4, 0.5) is 0 Å². The molecule has 0 saturated heterocycles. The summed E-state index contributed by atoms with van der Waals surface area (Å²) in [7, 11) is 0. The Labute approximate surface area is 172 Å². The maximum atomic E-state index is 12.3. The number of fused-ring (bicyclic) bond motifs is 5. The lowest BCUT2D eigenvalue weighted by atomic mass is 10.0. The van der Waals surface area contributed by atoms with Crippen LogP contribution in [0.1, 0.15) is 66.3 Å². The molecule has 0 fully saturated rings. The summed E-state index contributed by atoms with van der Waals surface area (Å²) in [5, 5.41) is 5.81. The van der Waals surface area contributed by atoms with Crippen LogP contribution in [0.3, 0.4) is 0 Å². The zero-order valence-electron chi connectivity index (χ0n) is 17.7. The van der Waals surface area contributed by atoms with Gasteiger partial charge in [-0.15, -0.1) is 0 Å². The van der Waals surface area contributed by atoms with Crippen molar-refractivity contribution >= 4 is 33.4 Å². The fourth-order valence-electron chi connectivity index (χ4n) is 4.49. The fraction of sp³-hybridized carbons (Fsp3) is 0.440. The number of nitrogens with one attached hydrogen (secondary N) is 1. The normalized spacial score (nSPS) is 13.7. The quantitative estimate of drug-likeness (QED) is 0.427. The van der Waals surface area contributed by atoms with Gasteiger partial charge >= 0.3 is 0 Å². The molecule has 0 saturated carbocycles. The molecule has 1 aliphatic carbocycles. The Balaban J connectivity index is 1.71. The van der Waals surface area contributed by atoms with Gasteiger partial charge in [0.15, 0.2) is 11.6 Å². The van der Waals surface area contributed by atoms with Crippen molar-refractivity contribution in [2.24, 2.45) is 5.92 Å². The molecule has 0 aliphatic heterocycles. The summed E-state index contributed by atoms with van der Waals surface area (Å²) >= 11 is 0. The highest BCUT2D eigenvalue weighted by atomic mass is 16.1. The monoisotopic (exact) mass is 390 g/mol. The summed E-state index contributed by atoms with van der Waals surface area (Å²) < 4.78 is 2.36. The summed E-state index contributed by atoms with van der Waals surface area (Å²) in [6, 6.07) is 10.1. The number of rotatable bonds is 8. The number of ketones is 2. The lowest BCUT2D eigenvalue weighted by Crippen LogP contribution is -2.19. The Bertz CT molecular complexity index is 1090. The molecular weight excluding hydrogens is 360 g/mol. The highest BCUT2D eigenvalue weighted by molar-refractivity contribution is 6.16. The highest BCUT2D eigenvalue weighted by Gasteiger charge is 2.25. The van der Waals surface area contributed by atoms with E-state index in [-0.39, 0.29) is 11.6 Å². The van der Waals surface area contributed by atoms with Crippen molar-refractivity contribution < 1.29 is 9.59 Å². The van der Waals surface area contributed by atoms with Crippen LogP contribution in [0, 0.1) is 5.92 Å². The molecule has 0 bridgehead atoms. The average Bonchev–Trinajstić information content (AvgIpc) is 3.22. The van der Waals surface area contributed by atoms with Gasteiger partial charge in [-0.2, -0.15) is 0 Å². The molecule has 0 spiro atoms. The second-order valence-corrected chi connectivity index (χ2v) is 8.63. The number of hydrogen-bond donors (Lipinski definition) is 1. The van der Waals surface area contributed by atoms with E-state index in [4.69, 9.17) is 0 Å². The van der Waals surface area contributed by atoms with Crippen molar-refractivity contribution in [3.63, 3.8) is 0 Å². The van der Waals surface area contributed by atoms with Crippen molar-refractivity contribution in [1.82, 2.24) is 9.88 Å². The van der Waals surface area contributed by atoms with Crippen LogP contribution in [-0.4, -0.2) is 29.2 Å². The topological polar surface area (TPSA) is 51.1 Å². The Kier molecular flexibility index (Phi) is 5.55. The van der Waals surface area contributed by atoms with Gasteiger partial charge in [-0.25, -0.2) is 0 Å². The van der Waals surface area contributed by atoms with Crippen LogP contribution in [0.5, 0.6) is 0 Å². The lowest BCUT2D eigenvalue weighted by Gasteiger charge is -2.10. The molecule has 0 radical (unpaired) electrons. The minimum absolute atomic E-state index is 0.0748. The van der Waals surface area contributed by atoms with Crippen LogP contribution >= 0.6 is 0 Å². The maximum absolute atomic E-state index is 12.3. The average molecular weight is 391 g/mol. The number of benzene rings is 2. The van der Waals surface area contributed by atoms with E-state index < -0.39 is 0 Å². The van der Waals surface area contributed by atoms with E-state index in [1.54, 1.807) is 6.92 Å². The summed E-state index contributed by atoms with van der Waals surface area (Å²) in [6.07, 6.45) is 3.63. The minimum Gasteiger partial charge on any atom is -0.340 e. The van der Waals surface area contributed by atoms with Gasteiger partial charge in [-0.05, 0) is 81.1 Å². The third-order valence-corrected chi connectivity index (χ3v) is 6.08. The standard InChI is InChI=1S/C25H30N2O2/c1-16(2)11-13-26-12-4-14-27-22-8-5-18(17(3)28)15-21(22)25-20-7-10-24(29)19(20)6-9-23(25)27/h5-6,8-9,15-16,26H,4,7,10-14H2,1-3H3. The third-order valence-electron chi connectivity index (χ3n) is 6.08. The molecule has 1 heterocycles. The van der Waals surface area contributed by atoms with Crippen LogP contribution in [0.25, 0.3) is 21.8 Å². The molecule has 0 unspecified atom stereocenters. The fourth-order valence-corrected chi connectivity index (χ4v) is 4.49. The van der Waals surface area contributed by atoms with E-state index in [0.29, 0.717) is 6.42 Å². The largest absolute Gasteiger partial charge is 0.340 e. The molecule has 1 aromatic heterocycles.